The Morgan fingerprint density at radius 2 is 2.27 bits per heavy atom. The van der Waals surface area contributed by atoms with E-state index in [0.717, 1.165) is 0 Å². The van der Waals surface area contributed by atoms with Gasteiger partial charge in [-0.05, 0) is 12.8 Å². The molecule has 3 heterocycles. The minimum absolute atomic E-state index is 0.161. The first-order valence-electron chi connectivity index (χ1n) is 5.34. The number of morpholine rings is 1. The Balaban J connectivity index is 1.84. The molecule has 15 heavy (non-hydrogen) atoms. The number of carboxylic acid groups (broad SMARTS) is 1. The van der Waals surface area contributed by atoms with Crippen LogP contribution in [0.1, 0.15) is 19.3 Å². The molecule has 0 aromatic heterocycles. The van der Waals surface area contributed by atoms with Crippen molar-refractivity contribution in [3.63, 3.8) is 0 Å². The van der Waals surface area contributed by atoms with Crippen LogP contribution in [0.5, 0.6) is 0 Å². The van der Waals surface area contributed by atoms with Crippen LogP contribution in [0.3, 0.4) is 0 Å². The minimum Gasteiger partial charge on any atom is -0.481 e. The number of carbonyl (C=O) groups is 2. The number of rotatable bonds is 1. The minimum atomic E-state index is -0.749. The van der Waals surface area contributed by atoms with E-state index in [4.69, 9.17) is 4.74 Å². The van der Waals surface area contributed by atoms with E-state index >= 15 is 0 Å². The maximum atomic E-state index is 11.6. The smallest absolute Gasteiger partial charge is 0.323 e. The van der Waals surface area contributed by atoms with Crippen molar-refractivity contribution in [2.45, 2.75) is 43.5 Å². The highest BCUT2D eigenvalue weighted by atomic mass is 16.6. The fourth-order valence-electron chi connectivity index (χ4n) is 3.86. The van der Waals surface area contributed by atoms with Gasteiger partial charge in [0.15, 0.2) is 0 Å². The first-order valence-corrected chi connectivity index (χ1v) is 5.34. The van der Waals surface area contributed by atoms with Crippen LogP contribution in [-0.4, -0.2) is 46.2 Å². The molecular weight excluding hydrogens is 198 g/mol. The lowest BCUT2D eigenvalue weighted by Gasteiger charge is -2.34. The van der Waals surface area contributed by atoms with Gasteiger partial charge in [0.1, 0.15) is 12.1 Å². The topological polar surface area (TPSA) is 66.6 Å². The number of nitrogens with zero attached hydrogens (tertiary/aromatic N) is 1. The van der Waals surface area contributed by atoms with Gasteiger partial charge in [-0.3, -0.25) is 14.5 Å². The normalized spacial score (nSPS) is 58.7. The number of aliphatic carboxylic acids is 1. The van der Waals surface area contributed by atoms with Crippen LogP contribution >= 0.6 is 0 Å². The third-order valence-electron chi connectivity index (χ3n) is 4.54. The Morgan fingerprint density at radius 1 is 1.47 bits per heavy atom. The number of hydrogen-bond donors (Lipinski definition) is 1. The zero-order chi connectivity index (χ0) is 10.4. The molecule has 1 saturated carbocycles. The second-order valence-corrected chi connectivity index (χ2v) is 5.19. The second kappa shape index (κ2) is 2.04. The molecule has 3 aliphatic heterocycles. The van der Waals surface area contributed by atoms with Crippen LogP contribution in [0.15, 0.2) is 0 Å². The number of carboxylic acids is 1. The molecule has 5 nitrogen and oxygen atoms in total. The molecule has 0 aromatic carbocycles. The molecule has 0 radical (unpaired) electrons. The van der Waals surface area contributed by atoms with Crippen molar-refractivity contribution in [1.82, 2.24) is 4.90 Å². The van der Waals surface area contributed by atoms with Crippen molar-refractivity contribution in [3.8, 4) is 0 Å². The van der Waals surface area contributed by atoms with E-state index in [9.17, 15) is 14.7 Å². The maximum Gasteiger partial charge on any atom is 0.323 e. The predicted octanol–water partition coefficient (Wildman–Crippen LogP) is -0.398. The fraction of sp³-hybridized carbons (Fsp3) is 0.800. The zero-order valence-corrected chi connectivity index (χ0v) is 8.05. The number of piperidine rings is 1. The SMILES string of the molecule is O=C1OC2CC3(C(=O)O)CC1N1C(C3)C21. The molecule has 3 saturated heterocycles. The highest BCUT2D eigenvalue weighted by Gasteiger charge is 2.73. The summed E-state index contributed by atoms with van der Waals surface area (Å²) in [6.45, 7) is 0. The molecule has 1 aliphatic carbocycles. The quantitative estimate of drug-likeness (QED) is 0.470. The lowest BCUT2D eigenvalue weighted by Crippen LogP contribution is -2.44. The Morgan fingerprint density at radius 3 is 3.00 bits per heavy atom. The number of esters is 1. The lowest BCUT2D eigenvalue weighted by molar-refractivity contribution is -0.158. The van der Waals surface area contributed by atoms with Gasteiger partial charge in [-0.25, -0.2) is 0 Å². The van der Waals surface area contributed by atoms with Crippen molar-refractivity contribution >= 4 is 11.9 Å². The third-order valence-corrected chi connectivity index (χ3v) is 4.54. The van der Waals surface area contributed by atoms with E-state index in [1.165, 1.54) is 0 Å². The Hall–Kier alpha value is -1.10. The molecule has 6 atom stereocenters. The fourth-order valence-corrected chi connectivity index (χ4v) is 3.86. The summed E-state index contributed by atoms with van der Waals surface area (Å²) in [5.41, 5.74) is -0.685. The number of ether oxygens (including phenoxy) is 1. The molecular formula is C10H11NO4. The van der Waals surface area contributed by atoms with Crippen molar-refractivity contribution < 1.29 is 19.4 Å². The van der Waals surface area contributed by atoms with Crippen molar-refractivity contribution in [2.24, 2.45) is 5.41 Å². The largest absolute Gasteiger partial charge is 0.481 e. The van der Waals surface area contributed by atoms with Gasteiger partial charge >= 0.3 is 11.9 Å². The summed E-state index contributed by atoms with van der Waals surface area (Å²) >= 11 is 0. The monoisotopic (exact) mass is 209 g/mol. The lowest BCUT2D eigenvalue weighted by atomic mass is 9.69. The number of carbonyl (C=O) groups excluding carboxylic acids is 1. The summed E-state index contributed by atoms with van der Waals surface area (Å²) in [5.74, 6) is -0.956. The summed E-state index contributed by atoms with van der Waals surface area (Å²) < 4.78 is 5.30. The number of hydrogen-bond acceptors (Lipinski definition) is 4. The van der Waals surface area contributed by atoms with Crippen molar-refractivity contribution in [2.75, 3.05) is 0 Å². The van der Waals surface area contributed by atoms with Gasteiger partial charge in [-0.1, -0.05) is 0 Å². The highest BCUT2D eigenvalue weighted by Crippen LogP contribution is 2.60. The molecule has 0 spiro atoms. The van der Waals surface area contributed by atoms with Gasteiger partial charge in [-0.2, -0.15) is 0 Å². The molecule has 4 aliphatic rings. The van der Waals surface area contributed by atoms with Gasteiger partial charge in [0, 0.05) is 12.5 Å². The van der Waals surface area contributed by atoms with E-state index in [2.05, 4.69) is 4.90 Å². The molecule has 4 rings (SSSR count). The zero-order valence-electron chi connectivity index (χ0n) is 8.05. The van der Waals surface area contributed by atoms with Crippen LogP contribution < -0.4 is 0 Å². The maximum absolute atomic E-state index is 11.6. The van der Waals surface area contributed by atoms with Crippen LogP contribution in [0.4, 0.5) is 0 Å². The van der Waals surface area contributed by atoms with Crippen LogP contribution in [0.2, 0.25) is 0 Å². The molecule has 2 bridgehead atoms. The average molecular weight is 209 g/mol. The van der Waals surface area contributed by atoms with E-state index in [1.54, 1.807) is 0 Å². The molecule has 0 aromatic rings. The molecule has 4 fully saturated rings. The summed E-state index contributed by atoms with van der Waals surface area (Å²) in [7, 11) is 0. The summed E-state index contributed by atoms with van der Waals surface area (Å²) in [5, 5.41) is 9.31. The van der Waals surface area contributed by atoms with Crippen molar-refractivity contribution in [1.29, 1.82) is 0 Å². The highest BCUT2D eigenvalue weighted by molar-refractivity contribution is 5.84. The van der Waals surface area contributed by atoms with Gasteiger partial charge in [0.05, 0.1) is 11.5 Å². The number of fused-ring (bicyclic) bond motifs is 1. The van der Waals surface area contributed by atoms with Gasteiger partial charge in [0.25, 0.3) is 0 Å². The van der Waals surface area contributed by atoms with Crippen LogP contribution in [0, 0.1) is 5.41 Å². The van der Waals surface area contributed by atoms with Gasteiger partial charge in [-0.15, -0.1) is 0 Å². The van der Waals surface area contributed by atoms with E-state index in [0.29, 0.717) is 31.3 Å². The summed E-state index contributed by atoms with van der Waals surface area (Å²) in [4.78, 5) is 25.1. The molecule has 5 heteroatoms. The van der Waals surface area contributed by atoms with E-state index in [-0.39, 0.29) is 18.1 Å². The standard InChI is InChI=1S/C10H11NO4/c12-8-5-2-10(9(13)14)1-4-7(11(4)5)6(3-10)15-8/h4-7H,1-3H2,(H,13,14). The molecule has 80 valence electrons. The van der Waals surface area contributed by atoms with Gasteiger partial charge < -0.3 is 9.84 Å². The summed E-state index contributed by atoms with van der Waals surface area (Å²) in [6, 6.07) is 0.358. The van der Waals surface area contributed by atoms with Crippen LogP contribution in [0.25, 0.3) is 0 Å². The predicted molar refractivity (Wildman–Crippen MR) is 47.0 cm³/mol. The van der Waals surface area contributed by atoms with Gasteiger partial charge in [0.2, 0.25) is 0 Å². The first-order chi connectivity index (χ1) is 7.12. The molecule has 6 unspecified atom stereocenters. The Bertz CT molecular complexity index is 395. The molecule has 0 amide bonds. The first kappa shape index (κ1) is 8.10. The average Bonchev–Trinajstić information content (AvgIpc) is 2.92. The Kier molecular flexibility index (Phi) is 1.10. The van der Waals surface area contributed by atoms with E-state index in [1.807, 2.05) is 0 Å². The summed E-state index contributed by atoms with van der Waals surface area (Å²) in [6.07, 6.45) is 1.51. The third kappa shape index (κ3) is 0.727. The molecule has 1 N–H and O–H groups in total. The Labute approximate surface area is 86.0 Å². The second-order valence-electron chi connectivity index (χ2n) is 5.19. The van der Waals surface area contributed by atoms with Crippen LogP contribution in [-0.2, 0) is 14.3 Å². The van der Waals surface area contributed by atoms with E-state index < -0.39 is 11.4 Å². The van der Waals surface area contributed by atoms with Crippen molar-refractivity contribution in [3.05, 3.63) is 0 Å².